The van der Waals surface area contributed by atoms with Crippen LogP contribution in [0.3, 0.4) is 0 Å². The Bertz CT molecular complexity index is 354. The SMILES string of the molecule is COC(=O)[C@H](C)N[C@H](C)Cn1cc(Br)cn1. The van der Waals surface area contributed by atoms with Crippen LogP contribution in [0.2, 0.25) is 0 Å². The number of aromatic nitrogens is 2. The molecule has 0 aromatic carbocycles. The summed E-state index contributed by atoms with van der Waals surface area (Å²) in [5.41, 5.74) is 0. The van der Waals surface area contributed by atoms with Gasteiger partial charge in [0, 0.05) is 12.2 Å². The maximum Gasteiger partial charge on any atom is 0.322 e. The van der Waals surface area contributed by atoms with E-state index in [0.29, 0.717) is 6.54 Å². The molecule has 0 saturated heterocycles. The summed E-state index contributed by atoms with van der Waals surface area (Å²) in [6.45, 7) is 4.48. The number of methoxy groups -OCH3 is 1. The second-order valence-electron chi connectivity index (χ2n) is 3.69. The molecule has 0 fully saturated rings. The van der Waals surface area contributed by atoms with E-state index in [4.69, 9.17) is 0 Å². The van der Waals surface area contributed by atoms with E-state index in [1.807, 2.05) is 17.8 Å². The first kappa shape index (κ1) is 13.2. The van der Waals surface area contributed by atoms with E-state index in [1.165, 1.54) is 7.11 Å². The summed E-state index contributed by atoms with van der Waals surface area (Å²) in [7, 11) is 1.38. The van der Waals surface area contributed by atoms with Gasteiger partial charge in [-0.25, -0.2) is 0 Å². The Morgan fingerprint density at radius 2 is 2.38 bits per heavy atom. The monoisotopic (exact) mass is 289 g/mol. The molecule has 0 radical (unpaired) electrons. The quantitative estimate of drug-likeness (QED) is 0.828. The first-order valence-corrected chi connectivity index (χ1v) is 5.84. The molecule has 0 unspecified atom stereocenters. The van der Waals surface area contributed by atoms with Crippen LogP contribution < -0.4 is 5.32 Å². The molecule has 1 aromatic heterocycles. The Balaban J connectivity index is 2.41. The highest BCUT2D eigenvalue weighted by Gasteiger charge is 2.15. The van der Waals surface area contributed by atoms with E-state index in [0.717, 1.165) is 4.47 Å². The number of hydrogen-bond donors (Lipinski definition) is 1. The predicted molar refractivity (Wildman–Crippen MR) is 64.0 cm³/mol. The molecule has 90 valence electrons. The van der Waals surface area contributed by atoms with Crippen molar-refractivity contribution in [3.63, 3.8) is 0 Å². The van der Waals surface area contributed by atoms with Gasteiger partial charge in [0.2, 0.25) is 0 Å². The molecule has 0 saturated carbocycles. The predicted octanol–water partition coefficient (Wildman–Crippen LogP) is 1.19. The zero-order chi connectivity index (χ0) is 12.1. The van der Waals surface area contributed by atoms with Crippen LogP contribution in [-0.4, -0.2) is 34.9 Å². The van der Waals surface area contributed by atoms with Crippen molar-refractivity contribution in [2.24, 2.45) is 0 Å². The normalized spacial score (nSPS) is 14.5. The zero-order valence-electron chi connectivity index (χ0n) is 9.61. The van der Waals surface area contributed by atoms with E-state index < -0.39 is 0 Å². The number of rotatable bonds is 5. The van der Waals surface area contributed by atoms with Gasteiger partial charge in [-0.05, 0) is 29.8 Å². The lowest BCUT2D eigenvalue weighted by molar-refractivity contribution is -0.142. The Morgan fingerprint density at radius 3 is 2.88 bits per heavy atom. The van der Waals surface area contributed by atoms with Gasteiger partial charge in [-0.1, -0.05) is 0 Å². The average molecular weight is 290 g/mol. The van der Waals surface area contributed by atoms with Crippen LogP contribution >= 0.6 is 15.9 Å². The third kappa shape index (κ3) is 3.94. The maximum atomic E-state index is 11.2. The van der Waals surface area contributed by atoms with Crippen molar-refractivity contribution in [1.82, 2.24) is 15.1 Å². The van der Waals surface area contributed by atoms with Crippen LogP contribution in [0.25, 0.3) is 0 Å². The van der Waals surface area contributed by atoms with Crippen molar-refractivity contribution in [3.05, 3.63) is 16.9 Å². The summed E-state index contributed by atoms with van der Waals surface area (Å²) in [6.07, 6.45) is 3.62. The van der Waals surface area contributed by atoms with Gasteiger partial charge in [-0.3, -0.25) is 9.48 Å². The molecule has 0 bridgehead atoms. The minimum Gasteiger partial charge on any atom is -0.468 e. The number of hydrogen-bond acceptors (Lipinski definition) is 4. The maximum absolute atomic E-state index is 11.2. The molecule has 16 heavy (non-hydrogen) atoms. The highest BCUT2D eigenvalue weighted by Crippen LogP contribution is 2.06. The Labute approximate surface area is 103 Å². The van der Waals surface area contributed by atoms with E-state index in [9.17, 15) is 4.79 Å². The molecule has 1 aromatic rings. The summed E-state index contributed by atoms with van der Waals surface area (Å²) in [6, 6.07) is -0.167. The first-order valence-electron chi connectivity index (χ1n) is 5.04. The van der Waals surface area contributed by atoms with Gasteiger partial charge in [-0.2, -0.15) is 5.10 Å². The standard InChI is InChI=1S/C10H16BrN3O2/c1-7(13-8(2)10(15)16-3)5-14-6-9(11)4-12-14/h4,6-8,13H,5H2,1-3H3/t7-,8+/m1/s1. The van der Waals surface area contributed by atoms with Crippen molar-refractivity contribution in [2.75, 3.05) is 7.11 Å². The lowest BCUT2D eigenvalue weighted by atomic mass is 10.2. The highest BCUT2D eigenvalue weighted by atomic mass is 79.9. The molecule has 0 spiro atoms. The summed E-state index contributed by atoms with van der Waals surface area (Å²) < 4.78 is 7.39. The van der Waals surface area contributed by atoms with Crippen LogP contribution in [0.1, 0.15) is 13.8 Å². The van der Waals surface area contributed by atoms with Gasteiger partial charge in [0.15, 0.2) is 0 Å². The topological polar surface area (TPSA) is 56.1 Å². The molecular formula is C10H16BrN3O2. The number of halogens is 1. The van der Waals surface area contributed by atoms with E-state index in [-0.39, 0.29) is 18.1 Å². The fraction of sp³-hybridized carbons (Fsp3) is 0.600. The summed E-state index contributed by atoms with van der Waals surface area (Å²) in [4.78, 5) is 11.2. The largest absolute Gasteiger partial charge is 0.468 e. The second kappa shape index (κ2) is 6.00. The number of carbonyl (C=O) groups is 1. The van der Waals surface area contributed by atoms with E-state index in [2.05, 4.69) is 31.1 Å². The van der Waals surface area contributed by atoms with Crippen LogP contribution in [0, 0.1) is 0 Å². The molecule has 1 rings (SSSR count). The highest BCUT2D eigenvalue weighted by molar-refractivity contribution is 9.10. The van der Waals surface area contributed by atoms with Crippen LogP contribution in [0.4, 0.5) is 0 Å². The summed E-state index contributed by atoms with van der Waals surface area (Å²) in [5, 5.41) is 7.28. The van der Waals surface area contributed by atoms with Gasteiger partial charge in [-0.15, -0.1) is 0 Å². The molecule has 2 atom stereocenters. The fourth-order valence-corrected chi connectivity index (χ4v) is 1.77. The molecule has 5 nitrogen and oxygen atoms in total. The van der Waals surface area contributed by atoms with Gasteiger partial charge >= 0.3 is 5.97 Å². The number of esters is 1. The third-order valence-electron chi connectivity index (χ3n) is 2.15. The lowest BCUT2D eigenvalue weighted by Gasteiger charge is -2.18. The molecule has 1 N–H and O–H groups in total. The van der Waals surface area contributed by atoms with Gasteiger partial charge in [0.05, 0.1) is 24.3 Å². The van der Waals surface area contributed by atoms with Crippen LogP contribution in [0.15, 0.2) is 16.9 Å². The molecule has 0 aliphatic carbocycles. The molecule has 0 aliphatic heterocycles. The minimum atomic E-state index is -0.306. The number of nitrogens with one attached hydrogen (secondary N) is 1. The van der Waals surface area contributed by atoms with Crippen LogP contribution in [0.5, 0.6) is 0 Å². The summed E-state index contributed by atoms with van der Waals surface area (Å²) >= 11 is 3.33. The van der Waals surface area contributed by atoms with E-state index in [1.54, 1.807) is 13.1 Å². The van der Waals surface area contributed by atoms with Crippen molar-refractivity contribution >= 4 is 21.9 Å². The molecule has 0 aliphatic rings. The Morgan fingerprint density at radius 1 is 1.69 bits per heavy atom. The third-order valence-corrected chi connectivity index (χ3v) is 2.56. The summed E-state index contributed by atoms with van der Waals surface area (Å²) in [5.74, 6) is -0.256. The van der Waals surface area contributed by atoms with Gasteiger partial charge in [0.25, 0.3) is 0 Å². The van der Waals surface area contributed by atoms with Crippen LogP contribution in [-0.2, 0) is 16.1 Å². The molecule has 1 heterocycles. The van der Waals surface area contributed by atoms with Crippen molar-refractivity contribution in [2.45, 2.75) is 32.5 Å². The zero-order valence-corrected chi connectivity index (χ0v) is 11.2. The smallest absolute Gasteiger partial charge is 0.322 e. The van der Waals surface area contributed by atoms with Crippen molar-refractivity contribution in [1.29, 1.82) is 0 Å². The average Bonchev–Trinajstić information content (AvgIpc) is 2.62. The van der Waals surface area contributed by atoms with E-state index >= 15 is 0 Å². The number of nitrogens with zero attached hydrogens (tertiary/aromatic N) is 2. The molecular weight excluding hydrogens is 274 g/mol. The number of ether oxygens (including phenoxy) is 1. The Hall–Kier alpha value is -0.880. The first-order chi connectivity index (χ1) is 7.52. The fourth-order valence-electron chi connectivity index (χ4n) is 1.44. The second-order valence-corrected chi connectivity index (χ2v) is 4.61. The Kier molecular flexibility index (Phi) is 4.95. The van der Waals surface area contributed by atoms with Crippen molar-refractivity contribution < 1.29 is 9.53 Å². The van der Waals surface area contributed by atoms with Gasteiger partial charge < -0.3 is 10.1 Å². The van der Waals surface area contributed by atoms with Crippen molar-refractivity contribution in [3.8, 4) is 0 Å². The minimum absolute atomic E-state index is 0.140. The molecule has 6 heteroatoms. The lowest BCUT2D eigenvalue weighted by Crippen LogP contribution is -2.42. The molecule has 0 amide bonds. The number of carbonyl (C=O) groups excluding carboxylic acids is 1. The van der Waals surface area contributed by atoms with Gasteiger partial charge in [0.1, 0.15) is 6.04 Å².